The van der Waals surface area contributed by atoms with E-state index >= 15 is 0 Å². The second-order valence-electron chi connectivity index (χ2n) is 12.6. The Kier molecular flexibility index (Phi) is 9.41. The number of amides is 2. The van der Waals surface area contributed by atoms with Crippen LogP contribution in [0.3, 0.4) is 0 Å². The van der Waals surface area contributed by atoms with Gasteiger partial charge in [0.1, 0.15) is 0 Å². The van der Waals surface area contributed by atoms with Crippen LogP contribution in [0.25, 0.3) is 6.08 Å². The topological polar surface area (TPSA) is 87.1 Å². The van der Waals surface area contributed by atoms with Gasteiger partial charge < -0.3 is 14.8 Å². The molecule has 4 atom stereocenters. The summed E-state index contributed by atoms with van der Waals surface area (Å²) in [6.45, 7) is 5.65. The number of fused-ring (bicyclic) bond motifs is 3. The van der Waals surface area contributed by atoms with E-state index in [1.165, 1.54) is 12.1 Å². The number of hydrogen-bond donors (Lipinski definition) is 2. The number of alkyl halides is 6. The van der Waals surface area contributed by atoms with Gasteiger partial charge in [-0.15, -0.1) is 0 Å². The fourth-order valence-electron chi connectivity index (χ4n) is 7.09. The van der Waals surface area contributed by atoms with E-state index in [-0.39, 0.29) is 24.7 Å². The van der Waals surface area contributed by atoms with Gasteiger partial charge in [0, 0.05) is 0 Å². The molecule has 0 aromatic heterocycles. The number of allylic oxidation sites excluding steroid dienone is 2. The fraction of sp³-hybridized carbons (Fsp3) is 0.455. The van der Waals surface area contributed by atoms with Gasteiger partial charge in [0.15, 0.2) is 11.6 Å². The summed E-state index contributed by atoms with van der Waals surface area (Å²) in [5, 5.41) is 20.3. The van der Waals surface area contributed by atoms with Crippen molar-refractivity contribution in [3.8, 4) is 5.75 Å². The summed E-state index contributed by atoms with van der Waals surface area (Å²) < 4.78 is 102. The molecule has 2 aromatic carbocycles. The monoisotopic (exact) mass is 667 g/mol. The number of anilines is 1. The average molecular weight is 667 g/mol. The van der Waals surface area contributed by atoms with Crippen LogP contribution >= 0.6 is 0 Å². The zero-order chi connectivity index (χ0) is 34.6. The summed E-state index contributed by atoms with van der Waals surface area (Å²) in [7, 11) is -1.34. The van der Waals surface area contributed by atoms with E-state index in [1.54, 1.807) is 12.1 Å². The first-order valence-corrected chi connectivity index (χ1v) is 15.3. The first-order chi connectivity index (χ1) is 21.9. The maximum absolute atomic E-state index is 13.9. The van der Waals surface area contributed by atoms with Crippen LogP contribution in [0.1, 0.15) is 63.1 Å². The highest BCUT2D eigenvalue weighted by Crippen LogP contribution is 2.53. The van der Waals surface area contributed by atoms with E-state index in [0.717, 1.165) is 11.1 Å². The molecule has 2 saturated heterocycles. The van der Waals surface area contributed by atoms with Crippen molar-refractivity contribution < 1.29 is 55.1 Å². The Hall–Kier alpha value is -3.65. The van der Waals surface area contributed by atoms with Gasteiger partial charge in [-0.1, -0.05) is 44.1 Å². The number of carbonyl (C=O) groups excluding carboxylic acids is 2. The molecule has 0 bridgehead atoms. The van der Waals surface area contributed by atoms with Gasteiger partial charge in [0.25, 0.3) is 0 Å². The SMILES string of the molecule is CC/C(=C\c1ccc(O)c(F)c1)CC[C@H]1OB(O)C[C@H]2C1=C(C(C)C)C[C@H]1C(=O)N(c3cc(C(F)(F)F)cc(C(F)(F)F)c3)C(=O)[C@H]12. The van der Waals surface area contributed by atoms with Gasteiger partial charge >= 0.3 is 19.5 Å². The quantitative estimate of drug-likeness (QED) is 0.136. The number of phenolic OH excluding ortho intramolecular Hbond substituents is 1. The molecule has 2 heterocycles. The van der Waals surface area contributed by atoms with E-state index in [4.69, 9.17) is 4.65 Å². The summed E-state index contributed by atoms with van der Waals surface area (Å²) in [6.07, 6.45) is -7.94. The highest BCUT2D eigenvalue weighted by Gasteiger charge is 2.58. The normalized spacial score (nSPS) is 24.0. The summed E-state index contributed by atoms with van der Waals surface area (Å²) in [5.41, 5.74) is -1.16. The lowest BCUT2D eigenvalue weighted by atomic mass is 9.57. The lowest BCUT2D eigenvalue weighted by Crippen LogP contribution is -2.46. The van der Waals surface area contributed by atoms with Crippen molar-refractivity contribution in [2.45, 2.75) is 71.2 Å². The first kappa shape index (κ1) is 34.7. The Morgan fingerprint density at radius 1 is 1.02 bits per heavy atom. The molecule has 2 amide bonds. The Morgan fingerprint density at radius 3 is 2.21 bits per heavy atom. The number of carbonyl (C=O) groups is 2. The molecule has 2 aliphatic heterocycles. The molecule has 14 heteroatoms. The van der Waals surface area contributed by atoms with Gasteiger partial charge in [0.05, 0.1) is 34.8 Å². The van der Waals surface area contributed by atoms with Crippen molar-refractivity contribution in [3.05, 3.63) is 75.6 Å². The van der Waals surface area contributed by atoms with Crippen molar-refractivity contribution in [1.82, 2.24) is 0 Å². The molecule has 0 saturated carbocycles. The molecule has 2 aromatic rings. The predicted octanol–water partition coefficient (Wildman–Crippen LogP) is 7.80. The highest BCUT2D eigenvalue weighted by molar-refractivity contribution is 6.43. The molecule has 1 aliphatic carbocycles. The Balaban J connectivity index is 1.49. The van der Waals surface area contributed by atoms with Crippen molar-refractivity contribution >= 4 is 30.7 Å². The minimum Gasteiger partial charge on any atom is -0.505 e. The molecule has 6 nitrogen and oxygen atoms in total. The van der Waals surface area contributed by atoms with Gasteiger partial charge in [-0.05, 0) is 85.3 Å². The van der Waals surface area contributed by atoms with Crippen molar-refractivity contribution in [2.75, 3.05) is 4.90 Å². The molecule has 3 aliphatic rings. The lowest BCUT2D eigenvalue weighted by Gasteiger charge is -2.44. The van der Waals surface area contributed by atoms with Crippen LogP contribution in [0, 0.1) is 29.5 Å². The predicted molar refractivity (Wildman–Crippen MR) is 159 cm³/mol. The number of nitrogens with zero attached hydrogens (tertiary/aromatic N) is 1. The molecule has 47 heavy (non-hydrogen) atoms. The van der Waals surface area contributed by atoms with Crippen LogP contribution in [-0.2, 0) is 26.6 Å². The molecule has 252 valence electrons. The van der Waals surface area contributed by atoms with Gasteiger partial charge in [-0.25, -0.2) is 9.29 Å². The van der Waals surface area contributed by atoms with Gasteiger partial charge in [-0.3, -0.25) is 9.59 Å². The van der Waals surface area contributed by atoms with E-state index in [2.05, 4.69) is 0 Å². The van der Waals surface area contributed by atoms with Crippen LogP contribution in [0.5, 0.6) is 5.75 Å². The Labute approximate surface area is 267 Å². The second-order valence-corrected chi connectivity index (χ2v) is 12.6. The zero-order valence-corrected chi connectivity index (χ0v) is 25.8. The lowest BCUT2D eigenvalue weighted by molar-refractivity contribution is -0.143. The molecule has 0 spiro atoms. The zero-order valence-electron chi connectivity index (χ0n) is 25.8. The smallest absolute Gasteiger partial charge is 0.455 e. The molecular formula is C33H33BF7NO5. The average Bonchev–Trinajstić information content (AvgIpc) is 3.24. The van der Waals surface area contributed by atoms with Crippen LogP contribution in [0.4, 0.5) is 36.4 Å². The molecule has 0 radical (unpaired) electrons. The van der Waals surface area contributed by atoms with Crippen molar-refractivity contribution in [3.63, 3.8) is 0 Å². The van der Waals surface area contributed by atoms with Crippen LogP contribution < -0.4 is 4.90 Å². The first-order valence-electron chi connectivity index (χ1n) is 15.3. The van der Waals surface area contributed by atoms with E-state index in [9.17, 15) is 50.5 Å². The number of imide groups is 1. The molecular weight excluding hydrogens is 634 g/mol. The van der Waals surface area contributed by atoms with Gasteiger partial charge in [-0.2, -0.15) is 26.3 Å². The molecule has 5 rings (SSSR count). The number of rotatable bonds is 7. The third-order valence-electron chi connectivity index (χ3n) is 9.30. The number of phenols is 1. The van der Waals surface area contributed by atoms with E-state index in [0.29, 0.717) is 47.4 Å². The van der Waals surface area contributed by atoms with Gasteiger partial charge in [0.2, 0.25) is 11.8 Å². The number of halogens is 7. The summed E-state index contributed by atoms with van der Waals surface area (Å²) >= 11 is 0. The number of aromatic hydroxyl groups is 1. The summed E-state index contributed by atoms with van der Waals surface area (Å²) in [5.74, 6) is -6.12. The van der Waals surface area contributed by atoms with Crippen molar-refractivity contribution in [1.29, 1.82) is 0 Å². The third-order valence-corrected chi connectivity index (χ3v) is 9.30. The largest absolute Gasteiger partial charge is 0.505 e. The Morgan fingerprint density at radius 2 is 1.66 bits per heavy atom. The maximum Gasteiger partial charge on any atom is 0.455 e. The van der Waals surface area contributed by atoms with E-state index < -0.39 is 83.5 Å². The molecule has 2 fully saturated rings. The minimum absolute atomic E-state index is 0.0551. The Bertz CT molecular complexity index is 1600. The minimum atomic E-state index is -5.17. The fourth-order valence-corrected chi connectivity index (χ4v) is 7.09. The van der Waals surface area contributed by atoms with Crippen LogP contribution in [-0.4, -0.2) is 35.2 Å². The number of hydrogen-bond acceptors (Lipinski definition) is 5. The third kappa shape index (κ3) is 6.85. The standard InChI is InChI=1S/C33H33BF7NO5/c1-4-17(9-18-5-7-26(43)25(35)10-18)6-8-27-28-22(16(2)3)14-23-29(24(28)15-34(46)47-27)31(45)42(30(23)44)21-12-19(32(36,37)38)11-20(13-21)33(39,40)41/h5,7,9-13,16,23-24,27,29,43,46H,4,6,8,14-15H2,1-3H3/b17-9+/t23-,24+,27-,29-/m1/s1. The second kappa shape index (κ2) is 12.8. The van der Waals surface area contributed by atoms with Crippen LogP contribution in [0.2, 0.25) is 6.32 Å². The van der Waals surface area contributed by atoms with Crippen LogP contribution in [0.15, 0.2) is 53.1 Å². The summed E-state index contributed by atoms with van der Waals surface area (Å²) in [4.78, 5) is 28.1. The highest BCUT2D eigenvalue weighted by atomic mass is 19.4. The van der Waals surface area contributed by atoms with E-state index in [1.807, 2.05) is 20.8 Å². The summed E-state index contributed by atoms with van der Waals surface area (Å²) in [6, 6.07) is 4.68. The molecule has 0 unspecified atom stereocenters. The maximum atomic E-state index is 13.9. The number of benzene rings is 2. The molecule has 2 N–H and O–H groups in total. The van der Waals surface area contributed by atoms with Crippen molar-refractivity contribution in [2.24, 2.45) is 23.7 Å².